The lowest BCUT2D eigenvalue weighted by Gasteiger charge is -2.10. The van der Waals surface area contributed by atoms with E-state index >= 15 is 0 Å². The van der Waals surface area contributed by atoms with Crippen molar-refractivity contribution in [2.45, 2.75) is 26.8 Å². The highest BCUT2D eigenvalue weighted by Gasteiger charge is 2.19. The lowest BCUT2D eigenvalue weighted by atomic mass is 10.1. The van der Waals surface area contributed by atoms with Crippen molar-refractivity contribution in [3.05, 3.63) is 53.2 Å². The summed E-state index contributed by atoms with van der Waals surface area (Å²) < 4.78 is 12.7. The number of ether oxygens (including phenoxy) is 2. The molecule has 2 N–H and O–H groups in total. The van der Waals surface area contributed by atoms with Gasteiger partial charge >= 0.3 is 0 Å². The van der Waals surface area contributed by atoms with E-state index in [1.165, 1.54) is 0 Å². The van der Waals surface area contributed by atoms with Gasteiger partial charge in [-0.15, -0.1) is 0 Å². The number of hydrogen-bond acceptors (Lipinski definition) is 4. The fraction of sp³-hybridized carbons (Fsp3) is 0.318. The van der Waals surface area contributed by atoms with Crippen LogP contribution >= 0.6 is 0 Å². The van der Waals surface area contributed by atoms with E-state index in [9.17, 15) is 9.90 Å². The SMILES string of the molecule is CCn1c(C)c(C(=O)NCCc2ccc(OC)c(OC)c2)c2cc(O)ccc21. The molecule has 0 saturated carbocycles. The van der Waals surface area contributed by atoms with Crippen LogP contribution in [-0.2, 0) is 13.0 Å². The molecule has 0 saturated heterocycles. The van der Waals surface area contributed by atoms with E-state index < -0.39 is 0 Å². The number of fused-ring (bicyclic) bond motifs is 1. The van der Waals surface area contributed by atoms with Gasteiger partial charge in [0.25, 0.3) is 5.91 Å². The van der Waals surface area contributed by atoms with Gasteiger partial charge in [-0.05, 0) is 56.2 Å². The minimum atomic E-state index is -0.138. The van der Waals surface area contributed by atoms with Gasteiger partial charge in [0.2, 0.25) is 0 Å². The highest BCUT2D eigenvalue weighted by Crippen LogP contribution is 2.29. The van der Waals surface area contributed by atoms with Gasteiger partial charge in [0.1, 0.15) is 5.75 Å². The van der Waals surface area contributed by atoms with Gasteiger partial charge in [-0.25, -0.2) is 0 Å². The number of amides is 1. The number of phenolic OH excluding ortho intramolecular Hbond substituents is 1. The van der Waals surface area contributed by atoms with Crippen molar-refractivity contribution >= 4 is 16.8 Å². The Morgan fingerprint density at radius 1 is 1.11 bits per heavy atom. The van der Waals surface area contributed by atoms with E-state index in [1.54, 1.807) is 26.4 Å². The molecule has 1 amide bonds. The lowest BCUT2D eigenvalue weighted by molar-refractivity contribution is 0.0955. The first-order chi connectivity index (χ1) is 13.5. The Morgan fingerprint density at radius 2 is 1.86 bits per heavy atom. The molecule has 0 bridgehead atoms. The van der Waals surface area contributed by atoms with Crippen molar-refractivity contribution in [1.29, 1.82) is 0 Å². The first-order valence-corrected chi connectivity index (χ1v) is 9.31. The summed E-state index contributed by atoms with van der Waals surface area (Å²) in [6.07, 6.45) is 0.669. The predicted octanol–water partition coefficient (Wildman–Crippen LogP) is 3.66. The van der Waals surface area contributed by atoms with Crippen molar-refractivity contribution in [2.24, 2.45) is 0 Å². The van der Waals surface area contributed by atoms with Crippen LogP contribution in [-0.4, -0.2) is 36.3 Å². The molecule has 0 aliphatic rings. The zero-order valence-electron chi connectivity index (χ0n) is 16.7. The first-order valence-electron chi connectivity index (χ1n) is 9.31. The second-order valence-electron chi connectivity index (χ2n) is 6.60. The van der Waals surface area contributed by atoms with E-state index in [-0.39, 0.29) is 11.7 Å². The van der Waals surface area contributed by atoms with E-state index in [0.29, 0.717) is 30.0 Å². The van der Waals surface area contributed by atoms with Crippen LogP contribution in [0.15, 0.2) is 36.4 Å². The van der Waals surface area contributed by atoms with Crippen molar-refractivity contribution in [3.8, 4) is 17.2 Å². The molecule has 0 atom stereocenters. The van der Waals surface area contributed by atoms with Crippen molar-refractivity contribution in [1.82, 2.24) is 9.88 Å². The Morgan fingerprint density at radius 3 is 2.54 bits per heavy atom. The fourth-order valence-electron chi connectivity index (χ4n) is 3.61. The van der Waals surface area contributed by atoms with Crippen LogP contribution in [0.3, 0.4) is 0 Å². The number of nitrogens with one attached hydrogen (secondary N) is 1. The van der Waals surface area contributed by atoms with Gasteiger partial charge in [-0.2, -0.15) is 0 Å². The summed E-state index contributed by atoms with van der Waals surface area (Å²) >= 11 is 0. The summed E-state index contributed by atoms with van der Waals surface area (Å²) in [4.78, 5) is 12.9. The minimum absolute atomic E-state index is 0.138. The number of benzene rings is 2. The lowest BCUT2D eigenvalue weighted by Crippen LogP contribution is -2.26. The first kappa shape index (κ1) is 19.6. The number of aryl methyl sites for hydroxylation is 1. The molecule has 2 aromatic carbocycles. The third kappa shape index (κ3) is 3.63. The van der Waals surface area contributed by atoms with E-state index in [2.05, 4.69) is 9.88 Å². The summed E-state index contributed by atoms with van der Waals surface area (Å²) in [5.74, 6) is 1.36. The molecule has 6 nitrogen and oxygen atoms in total. The molecule has 6 heteroatoms. The van der Waals surface area contributed by atoms with E-state index in [0.717, 1.165) is 28.7 Å². The van der Waals surface area contributed by atoms with Gasteiger partial charge in [-0.3, -0.25) is 4.79 Å². The number of nitrogens with zero attached hydrogens (tertiary/aromatic N) is 1. The van der Waals surface area contributed by atoms with Crippen molar-refractivity contribution in [2.75, 3.05) is 20.8 Å². The number of methoxy groups -OCH3 is 2. The maximum atomic E-state index is 12.9. The standard InChI is InChI=1S/C22H26N2O4/c1-5-24-14(2)21(17-13-16(25)7-8-18(17)24)22(26)23-11-10-15-6-9-19(27-3)20(12-15)28-4/h6-9,12-13,25H,5,10-11H2,1-4H3,(H,23,26). The smallest absolute Gasteiger partial charge is 0.253 e. The maximum absolute atomic E-state index is 12.9. The van der Waals surface area contributed by atoms with Crippen LogP contribution in [0, 0.1) is 6.92 Å². The average Bonchev–Trinajstić information content (AvgIpc) is 2.97. The van der Waals surface area contributed by atoms with E-state index in [1.807, 2.05) is 38.1 Å². The molecular formula is C22H26N2O4. The summed E-state index contributed by atoms with van der Waals surface area (Å²) in [5, 5.41) is 13.6. The zero-order valence-corrected chi connectivity index (χ0v) is 16.7. The molecule has 3 aromatic rings. The van der Waals surface area contributed by atoms with Crippen molar-refractivity contribution in [3.63, 3.8) is 0 Å². The molecule has 1 heterocycles. The van der Waals surface area contributed by atoms with Gasteiger partial charge in [-0.1, -0.05) is 6.07 Å². The Hall–Kier alpha value is -3.15. The topological polar surface area (TPSA) is 72.7 Å². The van der Waals surface area contributed by atoms with Gasteiger partial charge in [0, 0.05) is 29.7 Å². The van der Waals surface area contributed by atoms with Gasteiger partial charge in [0.15, 0.2) is 11.5 Å². The van der Waals surface area contributed by atoms with Crippen LogP contribution in [0.4, 0.5) is 0 Å². The third-order valence-electron chi connectivity index (χ3n) is 5.00. The molecule has 0 fully saturated rings. The molecule has 0 unspecified atom stereocenters. The summed E-state index contributed by atoms with van der Waals surface area (Å²) in [7, 11) is 3.20. The van der Waals surface area contributed by atoms with Gasteiger partial charge < -0.3 is 24.5 Å². The molecule has 28 heavy (non-hydrogen) atoms. The molecule has 3 rings (SSSR count). The number of carbonyl (C=O) groups excluding carboxylic acids is 1. The number of phenols is 1. The van der Waals surface area contributed by atoms with Crippen molar-refractivity contribution < 1.29 is 19.4 Å². The third-order valence-corrected chi connectivity index (χ3v) is 5.00. The Labute approximate surface area is 164 Å². The van der Waals surface area contributed by atoms with Crippen LogP contribution in [0.1, 0.15) is 28.5 Å². The summed E-state index contributed by atoms with van der Waals surface area (Å²) in [6, 6.07) is 10.9. The fourth-order valence-corrected chi connectivity index (χ4v) is 3.61. The molecule has 0 radical (unpaired) electrons. The van der Waals surface area contributed by atoms with Crippen LogP contribution < -0.4 is 14.8 Å². The Bertz CT molecular complexity index is 1010. The average molecular weight is 382 g/mol. The predicted molar refractivity (Wildman–Crippen MR) is 110 cm³/mol. The molecular weight excluding hydrogens is 356 g/mol. The van der Waals surface area contributed by atoms with Crippen LogP contribution in [0.2, 0.25) is 0 Å². The summed E-state index contributed by atoms with van der Waals surface area (Å²) in [5.41, 5.74) is 3.50. The van der Waals surface area contributed by atoms with Crippen LogP contribution in [0.25, 0.3) is 10.9 Å². The Balaban J connectivity index is 1.77. The highest BCUT2D eigenvalue weighted by atomic mass is 16.5. The molecule has 1 aromatic heterocycles. The highest BCUT2D eigenvalue weighted by molar-refractivity contribution is 6.08. The number of aromatic nitrogens is 1. The minimum Gasteiger partial charge on any atom is -0.508 e. The zero-order chi connectivity index (χ0) is 20.3. The second kappa shape index (κ2) is 8.25. The second-order valence-corrected chi connectivity index (χ2v) is 6.60. The number of carbonyl (C=O) groups is 1. The van der Waals surface area contributed by atoms with Gasteiger partial charge in [0.05, 0.1) is 19.8 Å². The Kier molecular flexibility index (Phi) is 5.78. The quantitative estimate of drug-likeness (QED) is 0.654. The maximum Gasteiger partial charge on any atom is 0.253 e. The molecule has 0 spiro atoms. The normalized spacial score (nSPS) is 10.9. The molecule has 0 aliphatic carbocycles. The number of hydrogen-bond donors (Lipinski definition) is 2. The van der Waals surface area contributed by atoms with Crippen LogP contribution in [0.5, 0.6) is 17.2 Å². The number of aromatic hydroxyl groups is 1. The number of rotatable bonds is 7. The molecule has 0 aliphatic heterocycles. The largest absolute Gasteiger partial charge is 0.508 e. The monoisotopic (exact) mass is 382 g/mol. The van der Waals surface area contributed by atoms with E-state index in [4.69, 9.17) is 9.47 Å². The molecule has 148 valence electrons. The summed E-state index contributed by atoms with van der Waals surface area (Å²) in [6.45, 7) is 5.22.